The van der Waals surface area contributed by atoms with E-state index in [1.807, 2.05) is 31.2 Å². The Bertz CT molecular complexity index is 1410. The van der Waals surface area contributed by atoms with Crippen molar-refractivity contribution in [1.82, 2.24) is 19.8 Å². The molecule has 3 aromatic rings. The molecule has 0 radical (unpaired) electrons. The van der Waals surface area contributed by atoms with Gasteiger partial charge >= 0.3 is 6.15 Å². The molecular weight excluding hydrogens is 576 g/mol. The van der Waals surface area contributed by atoms with Crippen LogP contribution in [0.5, 0.6) is 0 Å². The molecule has 12 nitrogen and oxygen atoms in total. The molecule has 0 bridgehead atoms. The number of carboxylic acid groups (broad SMARTS) is 1. The third-order valence-corrected chi connectivity index (χ3v) is 7.15. The molecule has 1 aromatic heterocycles. The number of hydrogen-bond acceptors (Lipinski definition) is 9. The number of aromatic amines is 1. The van der Waals surface area contributed by atoms with Crippen LogP contribution in [0.1, 0.15) is 56.5 Å². The number of carbonyl (C=O) groups is 2. The molecule has 0 amide bonds. The third-order valence-electron chi connectivity index (χ3n) is 7.15. The molecule has 2 aromatic carbocycles. The number of H-pyrrole nitrogens is 1. The van der Waals surface area contributed by atoms with Crippen molar-refractivity contribution in [3.05, 3.63) is 99.7 Å². The second kappa shape index (κ2) is 21.0. The minimum absolute atomic E-state index is 0.00467. The van der Waals surface area contributed by atoms with E-state index in [1.54, 1.807) is 0 Å². The largest absolute Gasteiger partial charge is 0.481 e. The first-order valence-electron chi connectivity index (χ1n) is 14.5. The van der Waals surface area contributed by atoms with Crippen molar-refractivity contribution in [2.24, 2.45) is 11.7 Å². The number of rotatable bonds is 4. The molecule has 3 atom stereocenters. The number of carboxylic acids is 1. The average Bonchev–Trinajstić information content (AvgIpc) is 2.99. The Balaban J connectivity index is 0.000000352. The summed E-state index contributed by atoms with van der Waals surface area (Å²) >= 11 is 0. The zero-order chi connectivity index (χ0) is 33.8. The van der Waals surface area contributed by atoms with E-state index in [2.05, 4.69) is 75.7 Å². The standard InChI is InChI=1S/C15H17N3O.C14H19NO.C2H4O2.CH4N2.CO2/c1-11-7-14-13(15(19)17-10-16-14)9-18(11)8-12-5-3-2-4-6-12;1-11-9-15(12(2)8-14(11)16)10-13-6-4-3-5-7-13;1-2(3)4;2*2-1-3/h2-6,10-11H,7-9H2,1H3,(H,16,17,19);3-7,11-12H,8-10H2,1-2H3;1H3,(H,3,4);1H,(H3,2,3);/t11-;11?,12-;;;/m11.../s1. The fourth-order valence-corrected chi connectivity index (χ4v) is 4.89. The van der Waals surface area contributed by atoms with Gasteiger partial charge in [-0.05, 0) is 25.0 Å². The van der Waals surface area contributed by atoms with Gasteiger partial charge in [-0.2, -0.15) is 9.59 Å². The predicted octanol–water partition coefficient (Wildman–Crippen LogP) is 3.26. The summed E-state index contributed by atoms with van der Waals surface area (Å²) in [5, 5.41) is 13.3. The Morgan fingerprint density at radius 2 is 1.42 bits per heavy atom. The lowest BCUT2D eigenvalue weighted by molar-refractivity contribution is -0.191. The zero-order valence-corrected chi connectivity index (χ0v) is 26.3. The maximum atomic E-state index is 11.8. The number of benzene rings is 2. The van der Waals surface area contributed by atoms with Crippen LogP contribution in [0.2, 0.25) is 0 Å². The summed E-state index contributed by atoms with van der Waals surface area (Å²) in [6.07, 6.45) is 4.04. The minimum Gasteiger partial charge on any atom is -0.481 e. The van der Waals surface area contributed by atoms with Gasteiger partial charge in [0.1, 0.15) is 5.78 Å². The van der Waals surface area contributed by atoms with Crippen molar-refractivity contribution >= 4 is 24.2 Å². The van der Waals surface area contributed by atoms with Crippen LogP contribution in [-0.4, -0.2) is 67.7 Å². The highest BCUT2D eigenvalue weighted by atomic mass is 16.4. The number of fused-ring (bicyclic) bond motifs is 1. The molecule has 242 valence electrons. The molecule has 5 rings (SSSR count). The Kier molecular flexibility index (Phi) is 17.9. The number of aliphatic carboxylic acids is 1. The Morgan fingerprint density at radius 3 is 1.91 bits per heavy atom. The van der Waals surface area contributed by atoms with Gasteiger partial charge in [-0.1, -0.05) is 67.6 Å². The first-order chi connectivity index (χ1) is 21.5. The maximum Gasteiger partial charge on any atom is 0.373 e. The molecule has 5 N–H and O–H groups in total. The normalized spacial score (nSPS) is 18.7. The van der Waals surface area contributed by atoms with E-state index in [0.29, 0.717) is 30.8 Å². The van der Waals surface area contributed by atoms with Crippen LogP contribution in [0, 0.1) is 11.3 Å². The highest BCUT2D eigenvalue weighted by Gasteiger charge is 2.29. The molecule has 1 fully saturated rings. The highest BCUT2D eigenvalue weighted by molar-refractivity contribution is 5.82. The van der Waals surface area contributed by atoms with Crippen molar-refractivity contribution < 1.29 is 24.3 Å². The van der Waals surface area contributed by atoms with Gasteiger partial charge in [-0.15, -0.1) is 0 Å². The topological polar surface area (TPSA) is 191 Å². The van der Waals surface area contributed by atoms with Gasteiger partial charge in [-0.3, -0.25) is 29.6 Å². The molecular formula is C33H44N6O6. The Morgan fingerprint density at radius 1 is 0.978 bits per heavy atom. The molecule has 45 heavy (non-hydrogen) atoms. The second-order valence-corrected chi connectivity index (χ2v) is 10.7. The number of hydrogen-bond donors (Lipinski definition) is 4. The van der Waals surface area contributed by atoms with Crippen LogP contribution < -0.4 is 11.3 Å². The quantitative estimate of drug-likeness (QED) is 0.249. The van der Waals surface area contributed by atoms with Crippen LogP contribution in [-0.2, 0) is 45.2 Å². The van der Waals surface area contributed by atoms with Crippen LogP contribution in [0.15, 0.2) is 71.8 Å². The lowest BCUT2D eigenvalue weighted by atomic mass is 9.93. The van der Waals surface area contributed by atoms with Gasteiger partial charge < -0.3 is 15.8 Å². The summed E-state index contributed by atoms with van der Waals surface area (Å²) in [4.78, 5) is 60.4. The molecule has 1 unspecified atom stereocenters. The minimum atomic E-state index is -0.833. The lowest BCUT2D eigenvalue weighted by Crippen LogP contribution is -2.44. The maximum absolute atomic E-state index is 11.8. The summed E-state index contributed by atoms with van der Waals surface area (Å²) < 4.78 is 0. The number of nitrogens with two attached hydrogens (primary N) is 1. The molecule has 12 heteroatoms. The van der Waals surface area contributed by atoms with Gasteiger partial charge in [-0.25, -0.2) is 4.98 Å². The number of likely N-dealkylation sites (tertiary alicyclic amines) is 1. The van der Waals surface area contributed by atoms with E-state index in [-0.39, 0.29) is 17.6 Å². The molecule has 3 heterocycles. The Hall–Kier alpha value is -4.77. The fraction of sp³-hybridized carbons (Fsp3) is 0.394. The van der Waals surface area contributed by atoms with E-state index in [1.165, 1.54) is 17.5 Å². The van der Waals surface area contributed by atoms with E-state index >= 15 is 0 Å². The molecule has 1 saturated heterocycles. The smallest absolute Gasteiger partial charge is 0.373 e. The summed E-state index contributed by atoms with van der Waals surface area (Å²) in [5.74, 6) is -0.225. The van der Waals surface area contributed by atoms with E-state index in [0.717, 1.165) is 50.6 Å². The SMILES string of the molecule is CC(=O)O.CC1CN(Cc2ccccc2)[C@H](C)CC1=O.C[C@@H]1Cc2nc[nH]c(=O)c2CN1Cc1ccccc1.N=CN.O=C=O. The number of nitrogens with one attached hydrogen (secondary N) is 2. The molecule has 0 spiro atoms. The van der Waals surface area contributed by atoms with Crippen molar-refractivity contribution in [1.29, 1.82) is 5.41 Å². The molecule has 0 aliphatic carbocycles. The first-order valence-corrected chi connectivity index (χ1v) is 14.5. The van der Waals surface area contributed by atoms with Crippen LogP contribution >= 0.6 is 0 Å². The van der Waals surface area contributed by atoms with Gasteiger partial charge in [0.15, 0.2) is 0 Å². The number of ketones is 1. The third kappa shape index (κ3) is 14.5. The van der Waals surface area contributed by atoms with Gasteiger partial charge in [0, 0.05) is 63.9 Å². The van der Waals surface area contributed by atoms with E-state index in [9.17, 15) is 9.59 Å². The fourth-order valence-electron chi connectivity index (χ4n) is 4.89. The first kappa shape index (κ1) is 38.3. The number of piperidine rings is 1. The van der Waals surface area contributed by atoms with Gasteiger partial charge in [0.05, 0.1) is 23.9 Å². The van der Waals surface area contributed by atoms with Crippen LogP contribution in [0.3, 0.4) is 0 Å². The van der Waals surface area contributed by atoms with E-state index < -0.39 is 5.97 Å². The van der Waals surface area contributed by atoms with Gasteiger partial charge in [0.2, 0.25) is 0 Å². The number of nitrogens with zero attached hydrogens (tertiary/aromatic N) is 3. The average molecular weight is 621 g/mol. The van der Waals surface area contributed by atoms with Crippen molar-refractivity contribution in [3.63, 3.8) is 0 Å². The lowest BCUT2D eigenvalue weighted by Gasteiger charge is -2.35. The van der Waals surface area contributed by atoms with Crippen molar-refractivity contribution in [2.75, 3.05) is 6.54 Å². The number of aromatic nitrogens is 2. The van der Waals surface area contributed by atoms with Crippen molar-refractivity contribution in [3.8, 4) is 0 Å². The zero-order valence-electron chi connectivity index (χ0n) is 26.3. The molecule has 2 aliphatic rings. The Labute approximate surface area is 263 Å². The summed E-state index contributed by atoms with van der Waals surface area (Å²) in [6.45, 7) is 10.9. The molecule has 2 aliphatic heterocycles. The second-order valence-electron chi connectivity index (χ2n) is 10.7. The van der Waals surface area contributed by atoms with Crippen molar-refractivity contribution in [2.45, 2.75) is 72.3 Å². The van der Waals surface area contributed by atoms with Gasteiger partial charge in [0.25, 0.3) is 11.5 Å². The van der Waals surface area contributed by atoms with Crippen LogP contribution in [0.4, 0.5) is 0 Å². The number of carbonyl (C=O) groups excluding carboxylic acids is 3. The summed E-state index contributed by atoms with van der Waals surface area (Å²) in [5.41, 5.74) is 8.75. The highest BCUT2D eigenvalue weighted by Crippen LogP contribution is 2.22. The summed E-state index contributed by atoms with van der Waals surface area (Å²) in [7, 11) is 0. The monoisotopic (exact) mass is 620 g/mol. The number of Topliss-reactive ketones (excluding diaryl/α,β-unsaturated/α-hetero) is 1. The summed E-state index contributed by atoms with van der Waals surface area (Å²) in [6, 6.07) is 21.6. The van der Waals surface area contributed by atoms with Crippen LogP contribution in [0.25, 0.3) is 0 Å². The molecule has 0 saturated carbocycles. The predicted molar refractivity (Wildman–Crippen MR) is 170 cm³/mol. The van der Waals surface area contributed by atoms with E-state index in [4.69, 9.17) is 24.9 Å².